The predicted molar refractivity (Wildman–Crippen MR) is 148 cm³/mol. The highest BCUT2D eigenvalue weighted by molar-refractivity contribution is 5.92. The van der Waals surface area contributed by atoms with Gasteiger partial charge < -0.3 is 29.4 Å². The minimum Gasteiger partial charge on any atom is -0.389 e. The van der Waals surface area contributed by atoms with Gasteiger partial charge in [-0.05, 0) is 55.3 Å². The Morgan fingerprint density at radius 1 is 1.13 bits per heavy atom. The number of carbonyl (C=O) groups excluding carboxylic acids is 1. The number of rotatable bonds is 5. The molecule has 1 amide bonds. The van der Waals surface area contributed by atoms with E-state index >= 15 is 0 Å². The fraction of sp³-hybridized carbons (Fsp3) is 0.276. The molecule has 0 radical (unpaired) electrons. The molecule has 2 atom stereocenters. The standard InChI is InChI=1S/C29H31N7O2/c1-18-10-11-23(33-19(2)37)28(32-18)34-15-13-26(27(38)17-34)36-25-9-4-3-8-24(25)35(29(36)30)16-20-6-5-7-22-21(20)12-14-31-22/h3-12,14,26-27,30-31,38H,13,15-17H2,1-2H3,(H,33,37)/t26-,27-/m0/s1. The topological polar surface area (TPSA) is 115 Å². The van der Waals surface area contributed by atoms with E-state index in [0.717, 1.165) is 33.2 Å². The summed E-state index contributed by atoms with van der Waals surface area (Å²) in [7, 11) is 0. The van der Waals surface area contributed by atoms with Crippen molar-refractivity contribution in [1.29, 1.82) is 5.41 Å². The number of amides is 1. The number of benzene rings is 2. The third-order valence-electron chi connectivity index (χ3n) is 7.43. The van der Waals surface area contributed by atoms with Crippen LogP contribution in [0, 0.1) is 12.3 Å². The molecule has 5 aromatic rings. The maximum absolute atomic E-state index is 11.8. The van der Waals surface area contributed by atoms with Gasteiger partial charge in [0.15, 0.2) is 5.82 Å². The Hall–Kier alpha value is -4.37. The van der Waals surface area contributed by atoms with Gasteiger partial charge in [0.25, 0.3) is 0 Å². The first-order valence-electron chi connectivity index (χ1n) is 12.9. The fourth-order valence-electron chi connectivity index (χ4n) is 5.69. The number of aliphatic hydroxyl groups is 1. The van der Waals surface area contributed by atoms with Crippen molar-refractivity contribution in [2.45, 2.75) is 39.0 Å². The van der Waals surface area contributed by atoms with Crippen LogP contribution in [0.25, 0.3) is 21.9 Å². The molecule has 9 nitrogen and oxygen atoms in total. The number of pyridine rings is 1. The summed E-state index contributed by atoms with van der Waals surface area (Å²) >= 11 is 0. The molecule has 1 aliphatic rings. The monoisotopic (exact) mass is 509 g/mol. The Morgan fingerprint density at radius 2 is 1.95 bits per heavy atom. The highest BCUT2D eigenvalue weighted by Gasteiger charge is 2.33. The maximum Gasteiger partial charge on any atom is 0.221 e. The van der Waals surface area contributed by atoms with Crippen LogP contribution in [0.2, 0.25) is 0 Å². The molecule has 0 saturated carbocycles. The van der Waals surface area contributed by atoms with E-state index < -0.39 is 6.10 Å². The number of hydrogen-bond acceptors (Lipinski definition) is 5. The predicted octanol–water partition coefficient (Wildman–Crippen LogP) is 3.93. The van der Waals surface area contributed by atoms with Crippen molar-refractivity contribution in [2.75, 3.05) is 23.3 Å². The molecule has 1 saturated heterocycles. The second kappa shape index (κ2) is 9.50. The Kier molecular flexibility index (Phi) is 6.00. The molecule has 2 aromatic carbocycles. The van der Waals surface area contributed by atoms with Crippen molar-refractivity contribution in [3.05, 3.63) is 83.7 Å². The third kappa shape index (κ3) is 4.14. The molecule has 0 bridgehead atoms. The van der Waals surface area contributed by atoms with Gasteiger partial charge in [0.1, 0.15) is 0 Å². The van der Waals surface area contributed by atoms with Gasteiger partial charge in [0, 0.05) is 42.8 Å². The molecule has 38 heavy (non-hydrogen) atoms. The van der Waals surface area contributed by atoms with E-state index in [1.165, 1.54) is 6.92 Å². The molecule has 194 valence electrons. The number of imidazole rings is 1. The van der Waals surface area contributed by atoms with Crippen molar-refractivity contribution in [2.24, 2.45) is 0 Å². The zero-order chi connectivity index (χ0) is 26.4. The number of aromatic amines is 1. The highest BCUT2D eigenvalue weighted by atomic mass is 16.3. The van der Waals surface area contributed by atoms with Crippen molar-refractivity contribution in [3.8, 4) is 0 Å². The van der Waals surface area contributed by atoms with Crippen molar-refractivity contribution >= 4 is 39.3 Å². The average molecular weight is 510 g/mol. The summed E-state index contributed by atoms with van der Waals surface area (Å²) in [6.07, 6.45) is 1.85. The normalized spacial score (nSPS) is 17.8. The molecule has 9 heteroatoms. The Morgan fingerprint density at radius 3 is 2.74 bits per heavy atom. The van der Waals surface area contributed by atoms with Crippen molar-refractivity contribution < 1.29 is 9.90 Å². The number of piperidine rings is 1. The summed E-state index contributed by atoms with van der Waals surface area (Å²) in [6.45, 7) is 4.93. The number of aryl methyl sites for hydroxylation is 1. The molecule has 1 aliphatic heterocycles. The van der Waals surface area contributed by atoms with Crippen LogP contribution in [0.3, 0.4) is 0 Å². The molecule has 0 spiro atoms. The smallest absolute Gasteiger partial charge is 0.221 e. The maximum atomic E-state index is 11.8. The van der Waals surface area contributed by atoms with Crippen LogP contribution in [-0.2, 0) is 11.3 Å². The fourth-order valence-corrected chi connectivity index (χ4v) is 5.69. The lowest BCUT2D eigenvalue weighted by molar-refractivity contribution is -0.114. The number of aromatic nitrogens is 4. The van der Waals surface area contributed by atoms with E-state index in [0.29, 0.717) is 43.2 Å². The number of carbonyl (C=O) groups is 1. The molecule has 4 heterocycles. The number of nitrogens with zero attached hydrogens (tertiary/aromatic N) is 4. The lowest BCUT2D eigenvalue weighted by Gasteiger charge is -2.38. The van der Waals surface area contributed by atoms with Crippen LogP contribution in [0.5, 0.6) is 0 Å². The molecule has 4 N–H and O–H groups in total. The van der Waals surface area contributed by atoms with Gasteiger partial charge in [-0.3, -0.25) is 10.2 Å². The van der Waals surface area contributed by atoms with Gasteiger partial charge in [-0.1, -0.05) is 24.3 Å². The number of nitrogens with one attached hydrogen (secondary N) is 3. The van der Waals surface area contributed by atoms with Gasteiger partial charge in [-0.15, -0.1) is 0 Å². The van der Waals surface area contributed by atoms with Gasteiger partial charge in [-0.2, -0.15) is 0 Å². The van der Waals surface area contributed by atoms with Crippen LogP contribution in [0.15, 0.2) is 66.9 Å². The number of hydrogen-bond donors (Lipinski definition) is 4. The molecule has 6 rings (SSSR count). The van der Waals surface area contributed by atoms with Crippen molar-refractivity contribution in [3.63, 3.8) is 0 Å². The van der Waals surface area contributed by atoms with E-state index in [1.807, 2.05) is 69.6 Å². The third-order valence-corrected chi connectivity index (χ3v) is 7.43. The summed E-state index contributed by atoms with van der Waals surface area (Å²) in [5.74, 6) is 0.501. The Labute approximate surface area is 219 Å². The van der Waals surface area contributed by atoms with Crippen LogP contribution in [0.1, 0.15) is 30.6 Å². The second-order valence-corrected chi connectivity index (χ2v) is 10.00. The number of fused-ring (bicyclic) bond motifs is 2. The SMILES string of the molecule is CC(=O)Nc1ccc(C)nc1N1CC[C@H](n2c(=N)n(Cc3cccc4[nH]ccc34)c3ccccc32)[C@@H](O)C1. The zero-order valence-corrected chi connectivity index (χ0v) is 21.5. The summed E-state index contributed by atoms with van der Waals surface area (Å²) in [4.78, 5) is 21.7. The molecule has 1 fully saturated rings. The summed E-state index contributed by atoms with van der Waals surface area (Å²) in [5.41, 5.74) is 5.95. The number of H-pyrrole nitrogens is 1. The van der Waals surface area contributed by atoms with Crippen LogP contribution >= 0.6 is 0 Å². The molecular weight excluding hydrogens is 478 g/mol. The van der Waals surface area contributed by atoms with E-state index in [1.54, 1.807) is 0 Å². The largest absolute Gasteiger partial charge is 0.389 e. The number of anilines is 2. The Balaban J connectivity index is 1.35. The number of para-hydroxylation sites is 2. The van der Waals surface area contributed by atoms with E-state index in [-0.39, 0.29) is 11.9 Å². The molecule has 0 unspecified atom stereocenters. The van der Waals surface area contributed by atoms with Crippen LogP contribution < -0.4 is 15.8 Å². The summed E-state index contributed by atoms with van der Waals surface area (Å²) in [6, 6.07) is 19.8. The average Bonchev–Trinajstić information content (AvgIpc) is 3.49. The number of aliphatic hydroxyl groups excluding tert-OH is 1. The first-order valence-corrected chi connectivity index (χ1v) is 12.9. The lowest BCUT2D eigenvalue weighted by Crippen LogP contribution is -2.47. The molecule has 0 aliphatic carbocycles. The van der Waals surface area contributed by atoms with Crippen molar-refractivity contribution in [1.82, 2.24) is 19.1 Å². The Bertz CT molecular complexity index is 1710. The zero-order valence-electron chi connectivity index (χ0n) is 21.5. The highest BCUT2D eigenvalue weighted by Crippen LogP contribution is 2.32. The second-order valence-electron chi connectivity index (χ2n) is 10.00. The first kappa shape index (κ1) is 24.0. The lowest BCUT2D eigenvalue weighted by atomic mass is 10.0. The first-order chi connectivity index (χ1) is 18.4. The van der Waals surface area contributed by atoms with Gasteiger partial charge in [0.2, 0.25) is 11.5 Å². The van der Waals surface area contributed by atoms with E-state index in [2.05, 4.69) is 33.5 Å². The van der Waals surface area contributed by atoms with Gasteiger partial charge >= 0.3 is 0 Å². The molecular formula is C29H31N7O2. The van der Waals surface area contributed by atoms with Crippen LogP contribution in [0.4, 0.5) is 11.5 Å². The van der Waals surface area contributed by atoms with E-state index in [4.69, 9.17) is 0 Å². The summed E-state index contributed by atoms with van der Waals surface area (Å²) in [5, 5.41) is 24.6. The van der Waals surface area contributed by atoms with Crippen LogP contribution in [-0.4, -0.2) is 49.3 Å². The van der Waals surface area contributed by atoms with Gasteiger partial charge in [0.05, 0.1) is 35.4 Å². The molecule has 3 aromatic heterocycles. The minimum atomic E-state index is -0.724. The van der Waals surface area contributed by atoms with E-state index in [9.17, 15) is 15.3 Å². The minimum absolute atomic E-state index is 0.162. The number of β-amino-alcohol motifs (C(OH)–C–C–N with tert-alkyl or cyclic N) is 1. The summed E-state index contributed by atoms with van der Waals surface area (Å²) < 4.78 is 4.00. The van der Waals surface area contributed by atoms with Gasteiger partial charge in [-0.25, -0.2) is 4.98 Å². The quantitative estimate of drug-likeness (QED) is 0.287.